The van der Waals surface area contributed by atoms with Crippen molar-refractivity contribution in [1.82, 2.24) is 10.4 Å². The van der Waals surface area contributed by atoms with Crippen molar-refractivity contribution in [3.05, 3.63) is 101 Å². The summed E-state index contributed by atoms with van der Waals surface area (Å²) in [6, 6.07) is 24.6. The molecule has 3 aromatic carbocycles. The van der Waals surface area contributed by atoms with Crippen LogP contribution < -0.4 is 5.43 Å². The first-order valence-corrected chi connectivity index (χ1v) is 9.54. The van der Waals surface area contributed by atoms with Gasteiger partial charge in [-0.15, -0.1) is 0 Å². The molecule has 0 atom stereocenters. The Morgan fingerprint density at radius 3 is 2.48 bits per heavy atom. The van der Waals surface area contributed by atoms with Crippen LogP contribution in [0.15, 0.2) is 84.0 Å². The molecular weight excluding hydrogens is 382 g/mol. The van der Waals surface area contributed by atoms with Crippen LogP contribution in [0, 0.1) is 6.92 Å². The van der Waals surface area contributed by atoms with E-state index in [9.17, 15) is 4.79 Å². The highest BCUT2D eigenvalue weighted by atomic mass is 35.5. The van der Waals surface area contributed by atoms with Crippen molar-refractivity contribution in [2.75, 3.05) is 0 Å². The van der Waals surface area contributed by atoms with E-state index in [-0.39, 0.29) is 5.91 Å². The van der Waals surface area contributed by atoms with Gasteiger partial charge in [-0.1, -0.05) is 71.8 Å². The van der Waals surface area contributed by atoms with E-state index >= 15 is 0 Å². The lowest BCUT2D eigenvalue weighted by molar-refractivity contribution is 0.0956. The van der Waals surface area contributed by atoms with Crippen LogP contribution in [0.25, 0.3) is 22.2 Å². The molecule has 0 unspecified atom stereocenters. The van der Waals surface area contributed by atoms with Gasteiger partial charge in [-0.3, -0.25) is 4.79 Å². The normalized spacial score (nSPS) is 11.1. The molecule has 0 saturated carbocycles. The lowest BCUT2D eigenvalue weighted by Crippen LogP contribution is -2.18. The molecule has 1 amide bonds. The highest BCUT2D eigenvalue weighted by Crippen LogP contribution is 2.26. The average molecular weight is 400 g/mol. The Bertz CT molecular complexity index is 1200. The fourth-order valence-electron chi connectivity index (χ4n) is 3.01. The third kappa shape index (κ3) is 4.33. The lowest BCUT2D eigenvalue weighted by atomic mass is 10.0. The highest BCUT2D eigenvalue weighted by Gasteiger charge is 2.13. The van der Waals surface area contributed by atoms with E-state index in [1.807, 2.05) is 67.6 Å². The largest absolute Gasteiger partial charge is 0.272 e. The van der Waals surface area contributed by atoms with Crippen molar-refractivity contribution in [3.63, 3.8) is 0 Å². The summed E-state index contributed by atoms with van der Waals surface area (Å²) in [6.07, 6.45) is 1.63. The van der Waals surface area contributed by atoms with Gasteiger partial charge >= 0.3 is 0 Å². The number of hydrogen-bond donors (Lipinski definition) is 1. The third-order valence-electron chi connectivity index (χ3n) is 4.56. The van der Waals surface area contributed by atoms with Crippen molar-refractivity contribution >= 4 is 34.6 Å². The van der Waals surface area contributed by atoms with E-state index in [0.29, 0.717) is 16.3 Å². The molecule has 0 aliphatic carbocycles. The number of aromatic nitrogens is 1. The average Bonchev–Trinajstić information content (AvgIpc) is 2.75. The van der Waals surface area contributed by atoms with Gasteiger partial charge in [-0.25, -0.2) is 10.4 Å². The maximum atomic E-state index is 12.9. The molecule has 1 aromatic heterocycles. The van der Waals surface area contributed by atoms with E-state index in [1.165, 1.54) is 5.56 Å². The Balaban J connectivity index is 1.67. The Hall–Kier alpha value is -3.50. The van der Waals surface area contributed by atoms with Gasteiger partial charge in [-0.05, 0) is 36.8 Å². The van der Waals surface area contributed by atoms with Crippen molar-refractivity contribution in [1.29, 1.82) is 0 Å². The molecule has 5 heteroatoms. The molecule has 0 bridgehead atoms. The second-order valence-corrected chi connectivity index (χ2v) is 7.13. The van der Waals surface area contributed by atoms with Gasteiger partial charge in [0.05, 0.1) is 23.0 Å². The number of para-hydroxylation sites is 1. The molecule has 1 N–H and O–H groups in total. The van der Waals surface area contributed by atoms with Crippen molar-refractivity contribution in [2.45, 2.75) is 6.92 Å². The number of rotatable bonds is 4. The maximum absolute atomic E-state index is 12.9. The van der Waals surface area contributed by atoms with Gasteiger partial charge in [-0.2, -0.15) is 5.10 Å². The monoisotopic (exact) mass is 399 g/mol. The van der Waals surface area contributed by atoms with E-state index < -0.39 is 0 Å². The third-order valence-corrected chi connectivity index (χ3v) is 4.81. The first kappa shape index (κ1) is 18.8. The minimum atomic E-state index is -0.290. The van der Waals surface area contributed by atoms with Gasteiger partial charge in [0.25, 0.3) is 5.91 Å². The zero-order chi connectivity index (χ0) is 20.2. The molecule has 4 nitrogen and oxygen atoms in total. The Labute approximate surface area is 173 Å². The smallest absolute Gasteiger partial charge is 0.267 e. The minimum Gasteiger partial charge on any atom is -0.267 e. The number of pyridine rings is 1. The SMILES string of the molecule is Cc1ccc(/C=N\NC(=O)c2cc(-c3ccc(Cl)cc3)nc3ccccc23)cc1. The highest BCUT2D eigenvalue weighted by molar-refractivity contribution is 6.30. The molecule has 0 spiro atoms. The molecule has 29 heavy (non-hydrogen) atoms. The van der Waals surface area contributed by atoms with Crippen LogP contribution >= 0.6 is 11.6 Å². The summed E-state index contributed by atoms with van der Waals surface area (Å²) in [4.78, 5) is 17.6. The number of hydrogen-bond acceptors (Lipinski definition) is 3. The maximum Gasteiger partial charge on any atom is 0.272 e. The summed E-state index contributed by atoms with van der Waals surface area (Å²) in [7, 11) is 0. The Kier molecular flexibility index (Phi) is 5.36. The van der Waals surface area contributed by atoms with E-state index in [0.717, 1.165) is 22.0 Å². The summed E-state index contributed by atoms with van der Waals surface area (Å²) < 4.78 is 0. The quantitative estimate of drug-likeness (QED) is 0.357. The number of halogens is 1. The number of fused-ring (bicyclic) bond motifs is 1. The van der Waals surface area contributed by atoms with Crippen LogP contribution in [-0.2, 0) is 0 Å². The first-order chi connectivity index (χ1) is 14.1. The number of amides is 1. The van der Waals surface area contributed by atoms with Crippen molar-refractivity contribution < 1.29 is 4.79 Å². The Morgan fingerprint density at radius 2 is 1.72 bits per heavy atom. The van der Waals surface area contributed by atoms with E-state index in [4.69, 9.17) is 16.6 Å². The van der Waals surface area contributed by atoms with Crippen molar-refractivity contribution in [3.8, 4) is 11.3 Å². The molecule has 1 heterocycles. The summed E-state index contributed by atoms with van der Waals surface area (Å²) >= 11 is 5.99. The minimum absolute atomic E-state index is 0.290. The van der Waals surface area contributed by atoms with Crippen LogP contribution in [0.5, 0.6) is 0 Å². The van der Waals surface area contributed by atoms with Crippen LogP contribution in [0.3, 0.4) is 0 Å². The first-order valence-electron chi connectivity index (χ1n) is 9.16. The molecule has 0 aliphatic heterocycles. The fraction of sp³-hybridized carbons (Fsp3) is 0.0417. The number of carbonyl (C=O) groups is 1. The summed E-state index contributed by atoms with van der Waals surface area (Å²) in [5, 5.41) is 5.53. The predicted molar refractivity (Wildman–Crippen MR) is 118 cm³/mol. The second kappa shape index (κ2) is 8.25. The molecule has 0 aliphatic rings. The number of carbonyl (C=O) groups excluding carboxylic acids is 1. The van der Waals surface area contributed by atoms with Crippen LogP contribution in [0.2, 0.25) is 5.02 Å². The molecule has 142 valence electrons. The van der Waals surface area contributed by atoms with Gasteiger partial charge in [0.2, 0.25) is 0 Å². The molecule has 0 saturated heterocycles. The van der Waals surface area contributed by atoms with Crippen LogP contribution in [-0.4, -0.2) is 17.1 Å². The lowest BCUT2D eigenvalue weighted by Gasteiger charge is -2.09. The van der Waals surface area contributed by atoms with Crippen molar-refractivity contribution in [2.24, 2.45) is 5.10 Å². The Morgan fingerprint density at radius 1 is 1.00 bits per heavy atom. The molecule has 4 aromatic rings. The van der Waals surface area contributed by atoms with Crippen LogP contribution in [0.4, 0.5) is 0 Å². The van der Waals surface area contributed by atoms with Gasteiger partial charge in [0, 0.05) is 16.0 Å². The van der Waals surface area contributed by atoms with Gasteiger partial charge in [0.1, 0.15) is 0 Å². The van der Waals surface area contributed by atoms with Gasteiger partial charge < -0.3 is 0 Å². The molecule has 0 radical (unpaired) electrons. The number of aryl methyl sites for hydroxylation is 1. The number of nitrogens with zero attached hydrogens (tertiary/aromatic N) is 2. The van der Waals surface area contributed by atoms with Crippen LogP contribution in [0.1, 0.15) is 21.5 Å². The molecule has 4 rings (SSSR count). The number of hydrazone groups is 1. The standard InChI is InChI=1S/C24H18ClN3O/c1-16-6-8-17(9-7-16)15-26-28-24(29)21-14-23(18-10-12-19(25)13-11-18)27-22-5-3-2-4-20(21)22/h2-15H,1H3,(H,28,29)/b26-15-. The molecule has 0 fully saturated rings. The second-order valence-electron chi connectivity index (χ2n) is 6.69. The zero-order valence-electron chi connectivity index (χ0n) is 15.8. The molecular formula is C24H18ClN3O. The predicted octanol–water partition coefficient (Wildman–Crippen LogP) is 5.63. The topological polar surface area (TPSA) is 54.4 Å². The summed E-state index contributed by atoms with van der Waals surface area (Å²) in [6.45, 7) is 2.02. The fourth-order valence-corrected chi connectivity index (χ4v) is 3.14. The van der Waals surface area contributed by atoms with E-state index in [2.05, 4.69) is 10.5 Å². The number of benzene rings is 3. The zero-order valence-corrected chi connectivity index (χ0v) is 16.5. The summed E-state index contributed by atoms with van der Waals surface area (Å²) in [5.74, 6) is -0.290. The summed E-state index contributed by atoms with van der Waals surface area (Å²) in [5.41, 5.74) is 7.56. The van der Waals surface area contributed by atoms with Gasteiger partial charge in [0.15, 0.2) is 0 Å². The number of nitrogens with one attached hydrogen (secondary N) is 1. The van der Waals surface area contributed by atoms with E-state index in [1.54, 1.807) is 24.4 Å².